The van der Waals surface area contributed by atoms with Gasteiger partial charge in [0.15, 0.2) is 11.6 Å². The molecule has 1 aromatic rings. The molecule has 0 aliphatic heterocycles. The molecule has 0 saturated carbocycles. The van der Waals surface area contributed by atoms with Gasteiger partial charge in [-0.1, -0.05) is 13.8 Å². The summed E-state index contributed by atoms with van der Waals surface area (Å²) in [5.74, 6) is -2.47. The van der Waals surface area contributed by atoms with Crippen LogP contribution in [-0.2, 0) is 0 Å². The molecule has 1 rings (SSSR count). The Bertz CT molecular complexity index is 380. The molecular formula is C11H14F3NS. The van der Waals surface area contributed by atoms with E-state index in [4.69, 9.17) is 0 Å². The molecule has 0 aliphatic carbocycles. The smallest absolute Gasteiger partial charge is 0.163 e. The highest BCUT2D eigenvalue weighted by atomic mass is 32.2. The summed E-state index contributed by atoms with van der Waals surface area (Å²) in [7, 11) is 0. The van der Waals surface area contributed by atoms with Gasteiger partial charge in [0.05, 0.1) is 4.90 Å². The summed E-state index contributed by atoms with van der Waals surface area (Å²) in [6.45, 7) is 6.04. The van der Waals surface area contributed by atoms with Crippen LogP contribution in [0.1, 0.15) is 19.4 Å². The van der Waals surface area contributed by atoms with Gasteiger partial charge in [-0.2, -0.15) is 0 Å². The SMILES string of the molecule is Cc1c(F)c(F)cc(F)c1SNCC(C)C. The molecule has 0 saturated heterocycles. The van der Waals surface area contributed by atoms with Gasteiger partial charge in [0.25, 0.3) is 0 Å². The fraction of sp³-hybridized carbons (Fsp3) is 0.455. The zero-order chi connectivity index (χ0) is 12.3. The van der Waals surface area contributed by atoms with Crippen LogP contribution in [0.2, 0.25) is 0 Å². The molecule has 90 valence electrons. The maximum atomic E-state index is 13.3. The first-order valence-corrected chi connectivity index (χ1v) is 5.79. The number of halogens is 3. The summed E-state index contributed by atoms with van der Waals surface area (Å²) < 4.78 is 42.3. The summed E-state index contributed by atoms with van der Waals surface area (Å²) in [6, 6.07) is 0.571. The average molecular weight is 249 g/mol. The quantitative estimate of drug-likeness (QED) is 0.645. The lowest BCUT2D eigenvalue weighted by molar-refractivity contribution is 0.478. The average Bonchev–Trinajstić information content (AvgIpc) is 2.19. The topological polar surface area (TPSA) is 12.0 Å². The Hall–Kier alpha value is -0.680. The lowest BCUT2D eigenvalue weighted by Gasteiger charge is -2.10. The van der Waals surface area contributed by atoms with Crippen molar-refractivity contribution in [2.75, 3.05) is 6.54 Å². The third-order valence-electron chi connectivity index (χ3n) is 2.02. The van der Waals surface area contributed by atoms with E-state index in [0.717, 1.165) is 11.9 Å². The molecule has 0 spiro atoms. The molecule has 0 unspecified atom stereocenters. The monoisotopic (exact) mass is 249 g/mol. The number of benzene rings is 1. The Morgan fingerprint density at radius 1 is 1.25 bits per heavy atom. The van der Waals surface area contributed by atoms with Crippen molar-refractivity contribution in [3.05, 3.63) is 29.1 Å². The fourth-order valence-corrected chi connectivity index (χ4v) is 2.06. The van der Waals surface area contributed by atoms with Gasteiger partial charge in [-0.05, 0) is 24.8 Å². The molecule has 0 fully saturated rings. The molecule has 0 heterocycles. The highest BCUT2D eigenvalue weighted by Gasteiger charge is 2.15. The van der Waals surface area contributed by atoms with E-state index >= 15 is 0 Å². The zero-order valence-corrected chi connectivity index (χ0v) is 10.2. The van der Waals surface area contributed by atoms with Crippen LogP contribution in [0.4, 0.5) is 13.2 Å². The second kappa shape index (κ2) is 5.59. The van der Waals surface area contributed by atoms with Crippen LogP contribution in [0.5, 0.6) is 0 Å². The van der Waals surface area contributed by atoms with E-state index in [0.29, 0.717) is 18.5 Å². The van der Waals surface area contributed by atoms with Gasteiger partial charge in [0.2, 0.25) is 0 Å². The van der Waals surface area contributed by atoms with Crippen LogP contribution in [-0.4, -0.2) is 6.54 Å². The molecule has 0 bridgehead atoms. The lowest BCUT2D eigenvalue weighted by atomic mass is 10.2. The molecule has 16 heavy (non-hydrogen) atoms. The summed E-state index contributed by atoms with van der Waals surface area (Å²) in [6.07, 6.45) is 0. The van der Waals surface area contributed by atoms with Crippen molar-refractivity contribution < 1.29 is 13.2 Å². The third kappa shape index (κ3) is 3.15. The lowest BCUT2D eigenvalue weighted by Crippen LogP contribution is -2.12. The van der Waals surface area contributed by atoms with E-state index in [-0.39, 0.29) is 10.5 Å². The standard InChI is InChI=1S/C11H14F3NS/c1-6(2)5-15-16-11-7(3)10(14)8(12)4-9(11)13/h4,6,15H,5H2,1-3H3. The molecule has 0 amide bonds. The van der Waals surface area contributed by atoms with Crippen LogP contribution < -0.4 is 4.72 Å². The summed E-state index contributed by atoms with van der Waals surface area (Å²) in [5, 5.41) is 0. The fourth-order valence-electron chi connectivity index (χ4n) is 1.10. The van der Waals surface area contributed by atoms with Gasteiger partial charge in [-0.3, -0.25) is 4.72 Å². The van der Waals surface area contributed by atoms with Crippen molar-refractivity contribution in [2.45, 2.75) is 25.7 Å². The van der Waals surface area contributed by atoms with Crippen LogP contribution in [0, 0.1) is 30.3 Å². The predicted molar refractivity (Wildman–Crippen MR) is 59.8 cm³/mol. The number of rotatable bonds is 4. The Morgan fingerprint density at radius 3 is 2.44 bits per heavy atom. The minimum Gasteiger partial charge on any atom is -0.260 e. The van der Waals surface area contributed by atoms with E-state index < -0.39 is 17.5 Å². The maximum absolute atomic E-state index is 13.3. The maximum Gasteiger partial charge on any atom is 0.163 e. The molecular weight excluding hydrogens is 235 g/mol. The van der Waals surface area contributed by atoms with Crippen LogP contribution in [0.3, 0.4) is 0 Å². The van der Waals surface area contributed by atoms with E-state index in [2.05, 4.69) is 4.72 Å². The van der Waals surface area contributed by atoms with E-state index in [1.165, 1.54) is 6.92 Å². The zero-order valence-electron chi connectivity index (χ0n) is 9.40. The first-order valence-electron chi connectivity index (χ1n) is 4.97. The second-order valence-corrected chi connectivity index (χ2v) is 4.85. The van der Waals surface area contributed by atoms with Gasteiger partial charge in [-0.15, -0.1) is 0 Å². The first kappa shape index (κ1) is 13.4. The largest absolute Gasteiger partial charge is 0.260 e. The van der Waals surface area contributed by atoms with Gasteiger partial charge < -0.3 is 0 Å². The number of hydrogen-bond donors (Lipinski definition) is 1. The Kier molecular flexibility index (Phi) is 4.68. The molecule has 0 atom stereocenters. The third-order valence-corrected chi connectivity index (χ3v) is 3.03. The second-order valence-electron chi connectivity index (χ2n) is 3.95. The van der Waals surface area contributed by atoms with Crippen molar-refractivity contribution in [3.63, 3.8) is 0 Å². The van der Waals surface area contributed by atoms with Gasteiger partial charge in [0.1, 0.15) is 5.82 Å². The predicted octanol–water partition coefficient (Wildman–Crippen LogP) is 3.67. The molecule has 0 radical (unpaired) electrons. The van der Waals surface area contributed by atoms with Crippen molar-refractivity contribution in [3.8, 4) is 0 Å². The van der Waals surface area contributed by atoms with E-state index in [1.54, 1.807) is 0 Å². The summed E-state index contributed by atoms with van der Waals surface area (Å²) >= 11 is 0.993. The molecule has 0 aliphatic rings. The summed E-state index contributed by atoms with van der Waals surface area (Å²) in [4.78, 5) is 0.111. The summed E-state index contributed by atoms with van der Waals surface area (Å²) in [5.41, 5.74) is -0.00115. The Balaban J connectivity index is 2.84. The molecule has 1 N–H and O–H groups in total. The van der Waals surface area contributed by atoms with E-state index in [9.17, 15) is 13.2 Å². The number of nitrogens with one attached hydrogen (secondary N) is 1. The normalized spacial score (nSPS) is 11.2. The molecule has 1 nitrogen and oxygen atoms in total. The molecule has 1 aromatic carbocycles. The minimum absolute atomic E-state index is 0.00115. The van der Waals surface area contributed by atoms with Crippen LogP contribution >= 0.6 is 11.9 Å². The van der Waals surface area contributed by atoms with Gasteiger partial charge >= 0.3 is 0 Å². The Morgan fingerprint density at radius 2 is 1.88 bits per heavy atom. The van der Waals surface area contributed by atoms with E-state index in [1.807, 2.05) is 13.8 Å². The first-order chi connectivity index (χ1) is 7.43. The highest BCUT2D eigenvalue weighted by Crippen LogP contribution is 2.27. The van der Waals surface area contributed by atoms with Crippen LogP contribution in [0.15, 0.2) is 11.0 Å². The van der Waals surface area contributed by atoms with Gasteiger partial charge in [0, 0.05) is 18.2 Å². The van der Waals surface area contributed by atoms with Crippen molar-refractivity contribution in [1.29, 1.82) is 0 Å². The number of hydrogen-bond acceptors (Lipinski definition) is 2. The van der Waals surface area contributed by atoms with Crippen molar-refractivity contribution in [2.24, 2.45) is 5.92 Å². The van der Waals surface area contributed by atoms with Crippen molar-refractivity contribution in [1.82, 2.24) is 4.72 Å². The molecule has 5 heteroatoms. The minimum atomic E-state index is -1.15. The highest BCUT2D eigenvalue weighted by molar-refractivity contribution is 7.97. The molecule has 0 aromatic heterocycles. The van der Waals surface area contributed by atoms with Crippen LogP contribution in [0.25, 0.3) is 0 Å². The Labute approximate surface area is 97.6 Å². The van der Waals surface area contributed by atoms with Crippen molar-refractivity contribution >= 4 is 11.9 Å². The van der Waals surface area contributed by atoms with Gasteiger partial charge in [-0.25, -0.2) is 13.2 Å².